The summed E-state index contributed by atoms with van der Waals surface area (Å²) in [5, 5.41) is 0. The van der Waals surface area contributed by atoms with Gasteiger partial charge in [0.1, 0.15) is 6.10 Å². The Kier molecular flexibility index (Phi) is 13.7. The van der Waals surface area contributed by atoms with Crippen LogP contribution in [0.25, 0.3) is 0 Å². The van der Waals surface area contributed by atoms with Gasteiger partial charge < -0.3 is 0 Å². The van der Waals surface area contributed by atoms with Gasteiger partial charge in [0, 0.05) is 4.57 Å². The lowest BCUT2D eigenvalue weighted by Gasteiger charge is -2.21. The maximum absolute atomic E-state index is 11.3. The Hall–Kier alpha value is -0.760. The number of hydrogen-bond donors (Lipinski definition) is 1. The van der Waals surface area contributed by atoms with E-state index in [9.17, 15) is 9.46 Å². The van der Waals surface area contributed by atoms with Crippen molar-refractivity contribution in [2.45, 2.75) is 104 Å². The molecule has 0 heterocycles. The van der Waals surface area contributed by atoms with Gasteiger partial charge in [-0.05, 0) is 36.3 Å². The zero-order valence-corrected chi connectivity index (χ0v) is 18.6. The Bertz CT molecular complexity index is 501. The van der Waals surface area contributed by atoms with Crippen LogP contribution in [0.4, 0.5) is 0 Å². The Morgan fingerprint density at radius 3 is 2.04 bits per heavy atom. The van der Waals surface area contributed by atoms with E-state index in [0.717, 1.165) is 37.7 Å². The molecule has 0 saturated heterocycles. The van der Waals surface area contributed by atoms with Crippen LogP contribution in [0.2, 0.25) is 0 Å². The summed E-state index contributed by atoms with van der Waals surface area (Å²) < 4.78 is 16.8. The van der Waals surface area contributed by atoms with Gasteiger partial charge in [0.25, 0.3) is 0 Å². The van der Waals surface area contributed by atoms with Crippen molar-refractivity contribution >= 4 is 8.25 Å². The molecule has 0 aliphatic heterocycles. The van der Waals surface area contributed by atoms with E-state index in [2.05, 4.69) is 45.0 Å². The first-order valence-corrected chi connectivity index (χ1v) is 12.2. The molecule has 0 amide bonds. The van der Waals surface area contributed by atoms with Crippen LogP contribution in [-0.2, 0) is 15.5 Å². The van der Waals surface area contributed by atoms with E-state index in [1.54, 1.807) is 0 Å². The largest absolute Gasteiger partial charge is 0.695 e. The van der Waals surface area contributed by atoms with Crippen LogP contribution >= 0.6 is 8.25 Å². The van der Waals surface area contributed by atoms with Gasteiger partial charge in [-0.15, -0.1) is 9.42 Å². The predicted octanol–water partition coefficient (Wildman–Crippen LogP) is 7.90. The summed E-state index contributed by atoms with van der Waals surface area (Å²) in [5.41, 5.74) is 2.37. The maximum atomic E-state index is 11.3. The van der Waals surface area contributed by atoms with E-state index in [1.807, 2.05) is 0 Å². The van der Waals surface area contributed by atoms with Gasteiger partial charge in [-0.25, -0.2) is 0 Å². The smallest absolute Gasteiger partial charge is 0.133 e. The molecule has 0 aliphatic rings. The lowest BCUT2D eigenvalue weighted by Crippen LogP contribution is -2.14. The lowest BCUT2D eigenvalue weighted by molar-refractivity contribution is 0.118. The van der Waals surface area contributed by atoms with Gasteiger partial charge >= 0.3 is 8.25 Å². The molecule has 1 rings (SSSR count). The van der Waals surface area contributed by atoms with Crippen molar-refractivity contribution < 1.29 is 14.0 Å². The molecule has 3 nitrogen and oxygen atoms in total. The lowest BCUT2D eigenvalue weighted by atomic mass is 9.88. The Balaban J connectivity index is 2.57. The van der Waals surface area contributed by atoms with E-state index in [1.165, 1.54) is 50.5 Å². The summed E-state index contributed by atoms with van der Waals surface area (Å²) in [4.78, 5) is 9.32. The molecule has 0 aliphatic carbocycles. The summed E-state index contributed by atoms with van der Waals surface area (Å²) in [6.45, 7) is 6.56. The standard InChI is InChI=1S/C23H39O3P/c1-4-7-9-10-11-12-13-14-20-16-18-22(19-17-20)23(26-27(24)25)21(6-3)15-8-5-2/h16-19,21,23H,4-15H2,1-3H3/p+1. The third-order valence-corrected chi connectivity index (χ3v) is 5.87. The fourth-order valence-corrected chi connectivity index (χ4v) is 4.20. The predicted molar refractivity (Wildman–Crippen MR) is 115 cm³/mol. The summed E-state index contributed by atoms with van der Waals surface area (Å²) in [7, 11) is -2.59. The van der Waals surface area contributed by atoms with Gasteiger partial charge in [-0.3, -0.25) is 0 Å². The van der Waals surface area contributed by atoms with Crippen LogP contribution in [0.5, 0.6) is 0 Å². The minimum absolute atomic E-state index is 0.282. The maximum Gasteiger partial charge on any atom is 0.695 e. The molecule has 4 heteroatoms. The van der Waals surface area contributed by atoms with Gasteiger partial charge in [0.05, 0.1) is 0 Å². The molecule has 154 valence electrons. The highest BCUT2D eigenvalue weighted by atomic mass is 31.1. The molecule has 0 radical (unpaired) electrons. The molecule has 27 heavy (non-hydrogen) atoms. The minimum atomic E-state index is -2.59. The van der Waals surface area contributed by atoms with Crippen molar-refractivity contribution in [2.75, 3.05) is 0 Å². The van der Waals surface area contributed by atoms with Gasteiger partial charge in [0.2, 0.25) is 0 Å². The van der Waals surface area contributed by atoms with Gasteiger partial charge in [-0.1, -0.05) is 103 Å². The fraction of sp³-hybridized carbons (Fsp3) is 0.739. The summed E-state index contributed by atoms with van der Waals surface area (Å²) in [6, 6.07) is 8.52. The third-order valence-electron chi connectivity index (χ3n) is 5.46. The van der Waals surface area contributed by atoms with Crippen molar-refractivity contribution in [1.29, 1.82) is 0 Å². The molecule has 1 aromatic rings. The summed E-state index contributed by atoms with van der Waals surface area (Å²) in [6.07, 6.45) is 14.3. The number of hydrogen-bond acceptors (Lipinski definition) is 2. The normalized spacial score (nSPS) is 14.1. The summed E-state index contributed by atoms with van der Waals surface area (Å²) >= 11 is 0. The molecule has 3 unspecified atom stereocenters. The average molecular weight is 396 g/mol. The van der Waals surface area contributed by atoms with E-state index in [-0.39, 0.29) is 12.0 Å². The molecule has 0 aromatic heterocycles. The van der Waals surface area contributed by atoms with Crippen molar-refractivity contribution in [2.24, 2.45) is 5.92 Å². The Morgan fingerprint density at radius 2 is 1.48 bits per heavy atom. The monoisotopic (exact) mass is 395 g/mol. The second kappa shape index (κ2) is 15.2. The fourth-order valence-electron chi connectivity index (χ4n) is 3.71. The van der Waals surface area contributed by atoms with Crippen LogP contribution in [0.15, 0.2) is 24.3 Å². The molecule has 1 N–H and O–H groups in total. The topological polar surface area (TPSA) is 46.5 Å². The molecule has 0 fully saturated rings. The van der Waals surface area contributed by atoms with Crippen LogP contribution in [-0.4, -0.2) is 4.89 Å². The van der Waals surface area contributed by atoms with E-state index in [0.29, 0.717) is 0 Å². The Morgan fingerprint density at radius 1 is 0.889 bits per heavy atom. The highest BCUT2D eigenvalue weighted by molar-refractivity contribution is 7.32. The molecule has 1 aromatic carbocycles. The summed E-state index contributed by atoms with van der Waals surface area (Å²) in [5.74, 6) is 0.282. The van der Waals surface area contributed by atoms with E-state index < -0.39 is 8.25 Å². The van der Waals surface area contributed by atoms with E-state index in [4.69, 9.17) is 4.52 Å². The SMILES string of the molecule is CCCCCCCCCc1ccc(C(O[P+](=O)O)C(CC)CCCC)cc1. The van der Waals surface area contributed by atoms with Crippen molar-refractivity contribution in [3.8, 4) is 0 Å². The van der Waals surface area contributed by atoms with E-state index >= 15 is 0 Å². The first-order valence-electron chi connectivity index (χ1n) is 11.0. The number of rotatable bonds is 16. The first-order chi connectivity index (χ1) is 13.1. The number of aryl methyl sites for hydroxylation is 1. The highest BCUT2D eigenvalue weighted by Gasteiger charge is 2.31. The molecular weight excluding hydrogens is 355 g/mol. The van der Waals surface area contributed by atoms with Crippen LogP contribution in [0, 0.1) is 5.92 Å². The molecular formula is C23H40O3P+. The second-order valence-electron chi connectivity index (χ2n) is 7.69. The molecule has 0 spiro atoms. The van der Waals surface area contributed by atoms with Crippen molar-refractivity contribution in [1.82, 2.24) is 0 Å². The second-order valence-corrected chi connectivity index (χ2v) is 8.37. The number of benzene rings is 1. The molecule has 0 bridgehead atoms. The Labute approximate surface area is 167 Å². The van der Waals surface area contributed by atoms with Gasteiger partial charge in [-0.2, -0.15) is 0 Å². The minimum Gasteiger partial charge on any atom is -0.133 e. The number of unbranched alkanes of at least 4 members (excludes halogenated alkanes) is 7. The quantitative estimate of drug-likeness (QED) is 0.228. The molecule has 0 saturated carbocycles. The van der Waals surface area contributed by atoms with Crippen molar-refractivity contribution in [3.63, 3.8) is 0 Å². The zero-order valence-electron chi connectivity index (χ0n) is 17.7. The zero-order chi connectivity index (χ0) is 19.9. The third kappa shape index (κ3) is 10.4. The van der Waals surface area contributed by atoms with Gasteiger partial charge in [0.15, 0.2) is 0 Å². The van der Waals surface area contributed by atoms with Crippen LogP contribution < -0.4 is 0 Å². The highest BCUT2D eigenvalue weighted by Crippen LogP contribution is 2.38. The van der Waals surface area contributed by atoms with Crippen molar-refractivity contribution in [3.05, 3.63) is 35.4 Å². The first kappa shape index (κ1) is 24.3. The van der Waals surface area contributed by atoms with Crippen LogP contribution in [0.3, 0.4) is 0 Å². The molecule has 3 atom stereocenters. The average Bonchev–Trinajstić information content (AvgIpc) is 2.67. The van der Waals surface area contributed by atoms with Crippen LogP contribution in [0.1, 0.15) is 109 Å².